The molecule has 0 amide bonds. The zero-order valence-electron chi connectivity index (χ0n) is 13.7. The van der Waals surface area contributed by atoms with Crippen LogP contribution in [0, 0.1) is 28.9 Å². The summed E-state index contributed by atoms with van der Waals surface area (Å²) in [4.78, 5) is 0. The van der Waals surface area contributed by atoms with E-state index in [-0.39, 0.29) is 5.92 Å². The minimum atomic E-state index is -0.728. The van der Waals surface area contributed by atoms with Crippen LogP contribution in [0.5, 0.6) is 0 Å². The number of benzene rings is 1. The first kappa shape index (κ1) is 16.2. The van der Waals surface area contributed by atoms with E-state index in [0.717, 1.165) is 31.6 Å². The molecular weight excluding hydrogens is 292 g/mol. The van der Waals surface area contributed by atoms with Gasteiger partial charge in [0.2, 0.25) is 0 Å². The molecule has 0 fully saturated rings. The fourth-order valence-corrected chi connectivity index (χ4v) is 4.30. The third kappa shape index (κ3) is 3.32. The second-order valence-corrected chi connectivity index (χ2v) is 7.02. The topological polar surface area (TPSA) is 23.8 Å². The van der Waals surface area contributed by atoms with Gasteiger partial charge in [0.25, 0.3) is 0 Å². The third-order valence-electron chi connectivity index (χ3n) is 5.52. The van der Waals surface area contributed by atoms with Crippen LogP contribution >= 0.6 is 0 Å². The first-order chi connectivity index (χ1) is 11.1. The fraction of sp³-hybridized carbons (Fsp3) is 0.550. The minimum absolute atomic E-state index is 0.188. The summed E-state index contributed by atoms with van der Waals surface area (Å²) in [7, 11) is 0. The van der Waals surface area contributed by atoms with E-state index < -0.39 is 17.2 Å². The van der Waals surface area contributed by atoms with Crippen molar-refractivity contribution in [3.63, 3.8) is 0 Å². The van der Waals surface area contributed by atoms with Gasteiger partial charge in [-0.3, -0.25) is 0 Å². The van der Waals surface area contributed by atoms with Gasteiger partial charge in [-0.1, -0.05) is 30.9 Å². The Morgan fingerprint density at radius 3 is 2.39 bits per heavy atom. The van der Waals surface area contributed by atoms with E-state index in [0.29, 0.717) is 5.56 Å². The molecular formula is C20H23F2N. The molecule has 1 aromatic carbocycles. The molecule has 0 spiro atoms. The second kappa shape index (κ2) is 6.83. The molecule has 2 unspecified atom stereocenters. The van der Waals surface area contributed by atoms with Crippen LogP contribution in [0.4, 0.5) is 8.78 Å². The summed E-state index contributed by atoms with van der Waals surface area (Å²) in [6.45, 7) is 2.24. The molecule has 2 aliphatic rings. The van der Waals surface area contributed by atoms with E-state index in [1.807, 2.05) is 0 Å². The average Bonchev–Trinajstić information content (AvgIpc) is 2.54. The molecule has 1 nitrogen and oxygen atoms in total. The lowest BCUT2D eigenvalue weighted by Gasteiger charge is -2.34. The van der Waals surface area contributed by atoms with Gasteiger partial charge in [0.05, 0.1) is 0 Å². The number of allylic oxidation sites excluding steroid dienone is 2. The number of nitrogens with zero attached hydrogens (tertiary/aromatic N) is 1. The van der Waals surface area contributed by atoms with Crippen molar-refractivity contribution in [1.29, 1.82) is 5.26 Å². The molecule has 0 heterocycles. The highest BCUT2D eigenvalue weighted by atomic mass is 19.1. The lowest BCUT2D eigenvalue weighted by atomic mass is 9.71. The van der Waals surface area contributed by atoms with E-state index in [9.17, 15) is 8.78 Å². The van der Waals surface area contributed by atoms with Gasteiger partial charge in [0.1, 0.15) is 23.3 Å². The smallest absolute Gasteiger partial charge is 0.144 e. The third-order valence-corrected chi connectivity index (χ3v) is 5.52. The fourth-order valence-electron chi connectivity index (χ4n) is 4.30. The van der Waals surface area contributed by atoms with Gasteiger partial charge in [-0.25, -0.2) is 8.78 Å². The number of rotatable bonds is 3. The van der Waals surface area contributed by atoms with Gasteiger partial charge in [0.15, 0.2) is 0 Å². The summed E-state index contributed by atoms with van der Waals surface area (Å²) in [6.07, 6.45) is 9.15. The largest absolute Gasteiger partial charge is 0.205 e. The maximum Gasteiger partial charge on any atom is 0.144 e. The molecule has 0 bridgehead atoms. The molecule has 23 heavy (non-hydrogen) atoms. The molecule has 2 atom stereocenters. The van der Waals surface area contributed by atoms with Crippen LogP contribution in [0.25, 0.3) is 0 Å². The summed E-state index contributed by atoms with van der Waals surface area (Å²) in [5.74, 6) is -0.434. The molecule has 1 aromatic rings. The van der Waals surface area contributed by atoms with Crippen molar-refractivity contribution < 1.29 is 8.78 Å². The lowest BCUT2D eigenvalue weighted by Crippen LogP contribution is -2.17. The van der Waals surface area contributed by atoms with Gasteiger partial charge in [-0.2, -0.15) is 5.26 Å². The van der Waals surface area contributed by atoms with Crippen molar-refractivity contribution in [1.82, 2.24) is 0 Å². The molecule has 0 aromatic heterocycles. The molecule has 3 rings (SSSR count). The standard InChI is InChI=1S/C20H23F2N/c1-2-3-13-4-5-15-9-16(7-6-14(15)8-13)17-10-19(21)18(12-23)20(22)11-17/h10-11,13,16H,2-9H2,1H3. The number of nitriles is 1. The lowest BCUT2D eigenvalue weighted by molar-refractivity contribution is 0.386. The zero-order valence-corrected chi connectivity index (χ0v) is 13.7. The van der Waals surface area contributed by atoms with E-state index in [2.05, 4.69) is 6.92 Å². The number of hydrogen-bond acceptors (Lipinski definition) is 1. The van der Waals surface area contributed by atoms with Crippen LogP contribution in [0.3, 0.4) is 0 Å². The molecule has 0 N–H and O–H groups in total. The van der Waals surface area contributed by atoms with Crippen molar-refractivity contribution in [2.75, 3.05) is 0 Å². The Morgan fingerprint density at radius 2 is 1.74 bits per heavy atom. The molecule has 122 valence electrons. The van der Waals surface area contributed by atoms with Crippen molar-refractivity contribution in [2.24, 2.45) is 5.92 Å². The van der Waals surface area contributed by atoms with Crippen molar-refractivity contribution in [3.05, 3.63) is 46.0 Å². The van der Waals surface area contributed by atoms with Crippen LogP contribution in [0.1, 0.15) is 75.3 Å². The second-order valence-electron chi connectivity index (χ2n) is 7.02. The van der Waals surface area contributed by atoms with E-state index in [4.69, 9.17) is 5.26 Å². The van der Waals surface area contributed by atoms with Gasteiger partial charge in [-0.15, -0.1) is 0 Å². The Balaban J connectivity index is 1.77. The number of hydrogen-bond donors (Lipinski definition) is 0. The summed E-state index contributed by atoms with van der Waals surface area (Å²) >= 11 is 0. The molecule has 3 heteroatoms. The Kier molecular flexibility index (Phi) is 4.80. The monoisotopic (exact) mass is 315 g/mol. The zero-order chi connectivity index (χ0) is 16.4. The SMILES string of the molecule is CCCC1CCC2=C(CCC(c3cc(F)c(C#N)c(F)c3)C2)C1. The van der Waals surface area contributed by atoms with Gasteiger partial charge >= 0.3 is 0 Å². The quantitative estimate of drug-likeness (QED) is 0.627. The molecule has 0 saturated carbocycles. The van der Waals surface area contributed by atoms with Gasteiger partial charge in [0, 0.05) is 0 Å². The number of halogens is 2. The highest BCUT2D eigenvalue weighted by Gasteiger charge is 2.28. The van der Waals surface area contributed by atoms with Gasteiger partial charge in [-0.05, 0) is 68.1 Å². The highest BCUT2D eigenvalue weighted by Crippen LogP contribution is 2.44. The van der Waals surface area contributed by atoms with Crippen molar-refractivity contribution >= 4 is 0 Å². The van der Waals surface area contributed by atoms with E-state index >= 15 is 0 Å². The predicted molar refractivity (Wildman–Crippen MR) is 86.9 cm³/mol. The normalized spacial score (nSPS) is 24.3. The maximum atomic E-state index is 13.9. The Morgan fingerprint density at radius 1 is 1.09 bits per heavy atom. The summed E-state index contributed by atoms with van der Waals surface area (Å²) in [6, 6.07) is 4.32. The van der Waals surface area contributed by atoms with Crippen molar-refractivity contribution in [2.45, 2.75) is 64.2 Å². The summed E-state index contributed by atoms with van der Waals surface area (Å²) in [5, 5.41) is 8.79. The van der Waals surface area contributed by atoms with Crippen LogP contribution < -0.4 is 0 Å². The van der Waals surface area contributed by atoms with Crippen LogP contribution in [0.2, 0.25) is 0 Å². The minimum Gasteiger partial charge on any atom is -0.205 e. The molecule has 2 aliphatic carbocycles. The average molecular weight is 315 g/mol. The highest BCUT2D eigenvalue weighted by molar-refractivity contribution is 5.38. The predicted octanol–water partition coefficient (Wildman–Crippen LogP) is 6.00. The van der Waals surface area contributed by atoms with Crippen LogP contribution in [-0.2, 0) is 0 Å². The summed E-state index contributed by atoms with van der Waals surface area (Å²) in [5.41, 5.74) is 3.38. The molecule has 0 radical (unpaired) electrons. The van der Waals surface area contributed by atoms with E-state index in [1.165, 1.54) is 43.4 Å². The Hall–Kier alpha value is -1.69. The summed E-state index contributed by atoms with van der Waals surface area (Å²) < 4.78 is 27.7. The van der Waals surface area contributed by atoms with Crippen LogP contribution in [0.15, 0.2) is 23.3 Å². The van der Waals surface area contributed by atoms with Gasteiger partial charge < -0.3 is 0 Å². The molecule has 0 saturated heterocycles. The Bertz CT molecular complexity index is 646. The molecule has 0 aliphatic heterocycles. The first-order valence-corrected chi connectivity index (χ1v) is 8.71. The first-order valence-electron chi connectivity index (χ1n) is 8.71. The maximum absolute atomic E-state index is 13.9. The Labute approximate surface area is 137 Å². The van der Waals surface area contributed by atoms with E-state index in [1.54, 1.807) is 11.6 Å². The van der Waals surface area contributed by atoms with Crippen molar-refractivity contribution in [3.8, 4) is 6.07 Å². The van der Waals surface area contributed by atoms with Crippen LogP contribution in [-0.4, -0.2) is 0 Å².